The van der Waals surface area contributed by atoms with Gasteiger partial charge in [-0.25, -0.2) is 0 Å². The molecule has 16 heavy (non-hydrogen) atoms. The summed E-state index contributed by atoms with van der Waals surface area (Å²) < 4.78 is 30.9. The molecule has 2 aromatic carbocycles. The zero-order chi connectivity index (χ0) is 11.8. The van der Waals surface area contributed by atoms with Crippen LogP contribution in [-0.2, 0) is 16.5 Å². The predicted molar refractivity (Wildman–Crippen MR) is 63.1 cm³/mol. The van der Waals surface area contributed by atoms with Crippen LogP contribution in [-0.4, -0.2) is 13.0 Å². The van der Waals surface area contributed by atoms with Gasteiger partial charge in [0, 0.05) is 0 Å². The highest BCUT2D eigenvalue weighted by Gasteiger charge is 2.10. The Morgan fingerprint density at radius 3 is 2.56 bits per heavy atom. The molecule has 4 heteroatoms. The summed E-state index contributed by atoms with van der Waals surface area (Å²) in [5, 5.41) is 1.85. The molecule has 0 heterocycles. The van der Waals surface area contributed by atoms with Gasteiger partial charge in [0.25, 0.3) is 10.1 Å². The SMILES string of the molecule is CCc1cccc2cc(S(=O)(=O)O)ccc12. The number of aryl methyl sites for hydroxylation is 1. The van der Waals surface area contributed by atoms with Crippen LogP contribution >= 0.6 is 0 Å². The van der Waals surface area contributed by atoms with Crippen LogP contribution in [0.5, 0.6) is 0 Å². The predicted octanol–water partition coefficient (Wildman–Crippen LogP) is 2.65. The molecular formula is C12H12O3S. The fourth-order valence-electron chi connectivity index (χ4n) is 1.80. The van der Waals surface area contributed by atoms with Crippen molar-refractivity contribution < 1.29 is 13.0 Å². The van der Waals surface area contributed by atoms with E-state index in [1.807, 2.05) is 25.1 Å². The first kappa shape index (κ1) is 11.1. The molecule has 0 spiro atoms. The number of fused-ring (bicyclic) bond motifs is 1. The third-order valence-electron chi connectivity index (χ3n) is 2.62. The van der Waals surface area contributed by atoms with Crippen molar-refractivity contribution in [2.75, 3.05) is 0 Å². The molecule has 0 aromatic heterocycles. The lowest BCUT2D eigenvalue weighted by atomic mass is 10.0. The van der Waals surface area contributed by atoms with Crippen molar-refractivity contribution in [3.8, 4) is 0 Å². The quantitative estimate of drug-likeness (QED) is 0.815. The minimum atomic E-state index is -4.11. The molecular weight excluding hydrogens is 224 g/mol. The number of rotatable bonds is 2. The maximum absolute atomic E-state index is 11.0. The van der Waals surface area contributed by atoms with Gasteiger partial charge in [0.05, 0.1) is 4.90 Å². The molecule has 0 saturated heterocycles. The normalized spacial score (nSPS) is 11.9. The molecule has 3 nitrogen and oxygen atoms in total. The molecule has 0 aliphatic rings. The van der Waals surface area contributed by atoms with E-state index in [1.165, 1.54) is 17.7 Å². The summed E-state index contributed by atoms with van der Waals surface area (Å²) in [6.45, 7) is 2.05. The summed E-state index contributed by atoms with van der Waals surface area (Å²) in [6.07, 6.45) is 0.891. The standard InChI is InChI=1S/C12H12O3S/c1-2-9-4-3-5-10-8-11(16(13,14)15)6-7-12(9)10/h3-8H,2H2,1H3,(H,13,14,15). The number of benzene rings is 2. The van der Waals surface area contributed by atoms with Gasteiger partial charge in [-0.05, 0) is 34.9 Å². The minimum Gasteiger partial charge on any atom is -0.282 e. The molecule has 0 aliphatic carbocycles. The summed E-state index contributed by atoms with van der Waals surface area (Å²) >= 11 is 0. The van der Waals surface area contributed by atoms with Crippen molar-refractivity contribution in [3.63, 3.8) is 0 Å². The van der Waals surface area contributed by atoms with Crippen LogP contribution in [0.2, 0.25) is 0 Å². The second kappa shape index (κ2) is 3.88. The van der Waals surface area contributed by atoms with E-state index in [1.54, 1.807) is 6.07 Å². The molecule has 2 rings (SSSR count). The first-order valence-corrected chi connectivity index (χ1v) is 6.45. The molecule has 2 aromatic rings. The van der Waals surface area contributed by atoms with Crippen LogP contribution in [0.4, 0.5) is 0 Å². The third-order valence-corrected chi connectivity index (χ3v) is 3.47. The summed E-state index contributed by atoms with van der Waals surface area (Å²) in [6, 6.07) is 10.4. The summed E-state index contributed by atoms with van der Waals surface area (Å²) in [7, 11) is -4.11. The van der Waals surface area contributed by atoms with E-state index in [9.17, 15) is 8.42 Å². The van der Waals surface area contributed by atoms with Crippen LogP contribution in [0.25, 0.3) is 10.8 Å². The number of hydrogen-bond acceptors (Lipinski definition) is 2. The highest BCUT2D eigenvalue weighted by molar-refractivity contribution is 7.85. The van der Waals surface area contributed by atoms with Crippen molar-refractivity contribution in [2.24, 2.45) is 0 Å². The van der Waals surface area contributed by atoms with Crippen LogP contribution in [0.3, 0.4) is 0 Å². The maximum Gasteiger partial charge on any atom is 0.294 e. The molecule has 0 bridgehead atoms. The fourth-order valence-corrected chi connectivity index (χ4v) is 2.31. The smallest absolute Gasteiger partial charge is 0.282 e. The van der Waals surface area contributed by atoms with E-state index in [4.69, 9.17) is 4.55 Å². The average Bonchev–Trinajstić information content (AvgIpc) is 2.26. The Bertz CT molecular complexity index is 630. The first-order chi connectivity index (χ1) is 7.52. The van der Waals surface area contributed by atoms with E-state index in [2.05, 4.69) is 0 Å². The van der Waals surface area contributed by atoms with Gasteiger partial charge in [0.15, 0.2) is 0 Å². The van der Waals surface area contributed by atoms with Gasteiger partial charge in [-0.1, -0.05) is 31.2 Å². The number of hydrogen-bond donors (Lipinski definition) is 1. The van der Waals surface area contributed by atoms with Crippen molar-refractivity contribution >= 4 is 20.9 Å². The Morgan fingerprint density at radius 2 is 1.94 bits per heavy atom. The van der Waals surface area contributed by atoms with Gasteiger partial charge in [0.2, 0.25) is 0 Å². The molecule has 0 atom stereocenters. The molecule has 84 valence electrons. The van der Waals surface area contributed by atoms with Gasteiger partial charge >= 0.3 is 0 Å². The molecule has 0 unspecified atom stereocenters. The lowest BCUT2D eigenvalue weighted by molar-refractivity contribution is 0.483. The summed E-state index contributed by atoms with van der Waals surface area (Å²) in [5.41, 5.74) is 1.17. The molecule has 1 N–H and O–H groups in total. The van der Waals surface area contributed by atoms with Gasteiger partial charge < -0.3 is 0 Å². The highest BCUT2D eigenvalue weighted by atomic mass is 32.2. The Labute approximate surface area is 94.5 Å². The van der Waals surface area contributed by atoms with Crippen molar-refractivity contribution in [2.45, 2.75) is 18.2 Å². The van der Waals surface area contributed by atoms with Crippen molar-refractivity contribution in [3.05, 3.63) is 42.0 Å². The topological polar surface area (TPSA) is 54.4 Å². The Kier molecular flexibility index (Phi) is 2.69. The molecule has 0 saturated carbocycles. The Hall–Kier alpha value is -1.39. The zero-order valence-corrected chi connectivity index (χ0v) is 9.66. The largest absolute Gasteiger partial charge is 0.294 e. The molecule has 0 radical (unpaired) electrons. The van der Waals surface area contributed by atoms with E-state index in [-0.39, 0.29) is 4.90 Å². The Morgan fingerprint density at radius 1 is 1.19 bits per heavy atom. The summed E-state index contributed by atoms with van der Waals surface area (Å²) in [4.78, 5) is -0.0618. The first-order valence-electron chi connectivity index (χ1n) is 5.01. The lowest BCUT2D eigenvalue weighted by Gasteiger charge is -2.05. The van der Waals surface area contributed by atoms with Crippen LogP contribution in [0.15, 0.2) is 41.3 Å². The third kappa shape index (κ3) is 1.94. The van der Waals surface area contributed by atoms with Crippen LogP contribution in [0, 0.1) is 0 Å². The monoisotopic (exact) mass is 236 g/mol. The second-order valence-corrected chi connectivity index (χ2v) is 5.05. The van der Waals surface area contributed by atoms with Crippen molar-refractivity contribution in [1.29, 1.82) is 0 Å². The van der Waals surface area contributed by atoms with E-state index < -0.39 is 10.1 Å². The summed E-state index contributed by atoms with van der Waals surface area (Å²) in [5.74, 6) is 0. The van der Waals surface area contributed by atoms with Crippen LogP contribution < -0.4 is 0 Å². The van der Waals surface area contributed by atoms with Gasteiger partial charge in [0.1, 0.15) is 0 Å². The maximum atomic E-state index is 11.0. The van der Waals surface area contributed by atoms with E-state index in [0.717, 1.165) is 17.2 Å². The second-order valence-electron chi connectivity index (χ2n) is 3.63. The van der Waals surface area contributed by atoms with E-state index >= 15 is 0 Å². The van der Waals surface area contributed by atoms with Crippen LogP contribution in [0.1, 0.15) is 12.5 Å². The molecule has 0 fully saturated rings. The van der Waals surface area contributed by atoms with Crippen molar-refractivity contribution in [1.82, 2.24) is 0 Å². The van der Waals surface area contributed by atoms with Gasteiger partial charge in [-0.3, -0.25) is 4.55 Å². The Balaban J connectivity index is 2.74. The average molecular weight is 236 g/mol. The molecule has 0 aliphatic heterocycles. The molecule has 0 amide bonds. The van der Waals surface area contributed by atoms with Gasteiger partial charge in [-0.15, -0.1) is 0 Å². The minimum absolute atomic E-state index is 0.0618. The highest BCUT2D eigenvalue weighted by Crippen LogP contribution is 2.22. The van der Waals surface area contributed by atoms with Gasteiger partial charge in [-0.2, -0.15) is 8.42 Å². The lowest BCUT2D eigenvalue weighted by Crippen LogP contribution is -1.97. The fraction of sp³-hybridized carbons (Fsp3) is 0.167. The van der Waals surface area contributed by atoms with E-state index in [0.29, 0.717) is 0 Å². The zero-order valence-electron chi connectivity index (χ0n) is 8.84.